The highest BCUT2D eigenvalue weighted by atomic mass is 16.5. The molecule has 0 aromatic heterocycles. The van der Waals surface area contributed by atoms with Crippen LogP contribution in [0.2, 0.25) is 0 Å². The van der Waals surface area contributed by atoms with Crippen molar-refractivity contribution in [3.05, 3.63) is 72.3 Å². The van der Waals surface area contributed by atoms with Crippen molar-refractivity contribution < 1.29 is 14.3 Å². The van der Waals surface area contributed by atoms with Crippen LogP contribution in [-0.4, -0.2) is 19.6 Å². The fraction of sp³-hybridized carbons (Fsp3) is 0.190. The molecule has 4 heteroatoms. The molecule has 0 saturated carbocycles. The Hall–Kier alpha value is -3.01. The van der Waals surface area contributed by atoms with E-state index in [0.29, 0.717) is 19.6 Å². The average molecular weight is 335 g/mol. The van der Waals surface area contributed by atoms with Gasteiger partial charge in [0.05, 0.1) is 20.1 Å². The van der Waals surface area contributed by atoms with E-state index in [-0.39, 0.29) is 5.91 Å². The first-order valence-corrected chi connectivity index (χ1v) is 8.26. The van der Waals surface area contributed by atoms with E-state index in [0.717, 1.165) is 27.8 Å². The van der Waals surface area contributed by atoms with Gasteiger partial charge in [-0.15, -0.1) is 0 Å². The van der Waals surface area contributed by atoms with E-state index in [1.54, 1.807) is 7.11 Å². The number of para-hydroxylation sites is 1. The van der Waals surface area contributed by atoms with E-state index in [4.69, 9.17) is 9.47 Å². The number of methoxy groups -OCH3 is 1. The average Bonchev–Trinajstić information content (AvgIpc) is 2.66. The zero-order valence-electron chi connectivity index (χ0n) is 14.2. The normalized spacial score (nSPS) is 10.4. The molecule has 0 saturated heterocycles. The van der Waals surface area contributed by atoms with Crippen molar-refractivity contribution in [2.24, 2.45) is 0 Å². The van der Waals surface area contributed by atoms with Crippen molar-refractivity contribution >= 4 is 16.7 Å². The van der Waals surface area contributed by atoms with Crippen LogP contribution in [0.5, 0.6) is 11.5 Å². The second-order valence-corrected chi connectivity index (χ2v) is 5.74. The Kier molecular flexibility index (Phi) is 5.52. The van der Waals surface area contributed by atoms with Crippen LogP contribution in [0.15, 0.2) is 66.7 Å². The van der Waals surface area contributed by atoms with Crippen molar-refractivity contribution in [1.29, 1.82) is 0 Å². The molecule has 0 spiro atoms. The Balaban J connectivity index is 1.49. The summed E-state index contributed by atoms with van der Waals surface area (Å²) in [5.74, 6) is 1.60. The summed E-state index contributed by atoms with van der Waals surface area (Å²) < 4.78 is 10.8. The molecule has 0 unspecified atom stereocenters. The zero-order chi connectivity index (χ0) is 17.5. The Labute approximate surface area is 147 Å². The van der Waals surface area contributed by atoms with Gasteiger partial charge in [-0.05, 0) is 46.7 Å². The van der Waals surface area contributed by atoms with E-state index < -0.39 is 0 Å². The van der Waals surface area contributed by atoms with Crippen LogP contribution in [0.4, 0.5) is 0 Å². The summed E-state index contributed by atoms with van der Waals surface area (Å²) in [6.45, 7) is 0.875. The fourth-order valence-electron chi connectivity index (χ4n) is 2.58. The molecule has 1 amide bonds. The molecule has 0 aliphatic rings. The van der Waals surface area contributed by atoms with Gasteiger partial charge in [0.15, 0.2) is 0 Å². The maximum absolute atomic E-state index is 11.9. The van der Waals surface area contributed by atoms with Gasteiger partial charge in [-0.25, -0.2) is 0 Å². The van der Waals surface area contributed by atoms with Gasteiger partial charge in [-0.1, -0.05) is 36.4 Å². The summed E-state index contributed by atoms with van der Waals surface area (Å²) in [4.78, 5) is 11.9. The zero-order valence-corrected chi connectivity index (χ0v) is 14.2. The minimum atomic E-state index is -0.0224. The second kappa shape index (κ2) is 8.20. The van der Waals surface area contributed by atoms with Crippen LogP contribution in [0, 0.1) is 0 Å². The lowest BCUT2D eigenvalue weighted by atomic mass is 10.1. The number of ether oxygens (including phenoxy) is 2. The Morgan fingerprint density at radius 2 is 1.68 bits per heavy atom. The molecule has 3 aromatic carbocycles. The fourth-order valence-corrected chi connectivity index (χ4v) is 2.58. The highest BCUT2D eigenvalue weighted by Gasteiger charge is 2.04. The Morgan fingerprint density at radius 3 is 2.48 bits per heavy atom. The van der Waals surface area contributed by atoms with Crippen LogP contribution in [0.1, 0.15) is 12.0 Å². The minimum absolute atomic E-state index is 0.0224. The van der Waals surface area contributed by atoms with Gasteiger partial charge in [0.2, 0.25) is 5.91 Å². The molecule has 3 rings (SSSR count). The maximum Gasteiger partial charge on any atom is 0.223 e. The summed E-state index contributed by atoms with van der Waals surface area (Å²) in [6, 6.07) is 21.6. The molecule has 4 nitrogen and oxygen atoms in total. The van der Waals surface area contributed by atoms with Crippen molar-refractivity contribution in [1.82, 2.24) is 5.32 Å². The van der Waals surface area contributed by atoms with Gasteiger partial charge in [0.25, 0.3) is 0 Å². The van der Waals surface area contributed by atoms with Gasteiger partial charge in [-0.3, -0.25) is 4.79 Å². The Bertz CT molecular complexity index is 846. The summed E-state index contributed by atoms with van der Waals surface area (Å²) >= 11 is 0. The maximum atomic E-state index is 11.9. The molecular formula is C21H21NO3. The van der Waals surface area contributed by atoms with Gasteiger partial charge < -0.3 is 14.8 Å². The molecule has 25 heavy (non-hydrogen) atoms. The number of fused-ring (bicyclic) bond motifs is 1. The number of hydrogen-bond acceptors (Lipinski definition) is 3. The summed E-state index contributed by atoms with van der Waals surface area (Å²) in [5.41, 5.74) is 1.06. The molecule has 0 aliphatic heterocycles. The number of carbonyl (C=O) groups excluding carboxylic acids is 1. The number of hydrogen-bond donors (Lipinski definition) is 1. The van der Waals surface area contributed by atoms with Crippen LogP contribution < -0.4 is 14.8 Å². The summed E-state index contributed by atoms with van der Waals surface area (Å²) in [7, 11) is 1.66. The van der Waals surface area contributed by atoms with Gasteiger partial charge >= 0.3 is 0 Å². The van der Waals surface area contributed by atoms with E-state index in [1.165, 1.54) is 0 Å². The lowest BCUT2D eigenvalue weighted by molar-refractivity contribution is -0.121. The molecule has 3 aromatic rings. The molecule has 0 bridgehead atoms. The first kappa shape index (κ1) is 16.8. The van der Waals surface area contributed by atoms with Crippen LogP contribution in [0.25, 0.3) is 10.8 Å². The lowest BCUT2D eigenvalue weighted by Gasteiger charge is -2.08. The second-order valence-electron chi connectivity index (χ2n) is 5.74. The topological polar surface area (TPSA) is 47.6 Å². The van der Waals surface area contributed by atoms with Crippen LogP contribution in [0.3, 0.4) is 0 Å². The highest BCUT2D eigenvalue weighted by molar-refractivity contribution is 5.84. The highest BCUT2D eigenvalue weighted by Crippen LogP contribution is 2.21. The number of carbonyl (C=O) groups is 1. The van der Waals surface area contributed by atoms with Crippen LogP contribution in [-0.2, 0) is 11.3 Å². The largest absolute Gasteiger partial charge is 0.497 e. The van der Waals surface area contributed by atoms with E-state index in [1.807, 2.05) is 60.7 Å². The summed E-state index contributed by atoms with van der Waals surface area (Å²) in [5, 5.41) is 5.17. The molecule has 0 heterocycles. The third kappa shape index (κ3) is 4.73. The first-order valence-electron chi connectivity index (χ1n) is 8.26. The van der Waals surface area contributed by atoms with Gasteiger partial charge in [0, 0.05) is 6.54 Å². The standard InChI is InChI=1S/C21H21NO3/c1-24-20-10-9-17-13-16(7-8-18(17)14-20)15-22-21(23)11-12-25-19-5-3-2-4-6-19/h2-10,13-14H,11-12,15H2,1H3,(H,22,23). The monoisotopic (exact) mass is 335 g/mol. The van der Waals surface area contributed by atoms with Crippen molar-refractivity contribution in [2.45, 2.75) is 13.0 Å². The minimum Gasteiger partial charge on any atom is -0.497 e. The molecule has 0 aliphatic carbocycles. The van der Waals surface area contributed by atoms with Crippen molar-refractivity contribution in [3.63, 3.8) is 0 Å². The van der Waals surface area contributed by atoms with E-state index in [9.17, 15) is 4.79 Å². The van der Waals surface area contributed by atoms with Crippen LogP contribution >= 0.6 is 0 Å². The number of amides is 1. The van der Waals surface area contributed by atoms with E-state index in [2.05, 4.69) is 11.4 Å². The molecule has 128 valence electrons. The van der Waals surface area contributed by atoms with Crippen molar-refractivity contribution in [3.8, 4) is 11.5 Å². The SMILES string of the molecule is COc1ccc2cc(CNC(=O)CCOc3ccccc3)ccc2c1. The predicted octanol–water partition coefficient (Wildman–Crippen LogP) is 3.93. The van der Waals surface area contributed by atoms with Gasteiger partial charge in [0.1, 0.15) is 11.5 Å². The lowest BCUT2D eigenvalue weighted by Crippen LogP contribution is -2.24. The first-order chi connectivity index (χ1) is 12.2. The van der Waals surface area contributed by atoms with Gasteiger partial charge in [-0.2, -0.15) is 0 Å². The molecular weight excluding hydrogens is 314 g/mol. The molecule has 0 radical (unpaired) electrons. The smallest absolute Gasteiger partial charge is 0.223 e. The molecule has 0 atom stereocenters. The molecule has 1 N–H and O–H groups in total. The predicted molar refractivity (Wildman–Crippen MR) is 98.9 cm³/mol. The van der Waals surface area contributed by atoms with E-state index >= 15 is 0 Å². The van der Waals surface area contributed by atoms with Crippen molar-refractivity contribution in [2.75, 3.05) is 13.7 Å². The number of rotatable bonds is 7. The number of nitrogens with one attached hydrogen (secondary N) is 1. The quantitative estimate of drug-likeness (QED) is 0.711. The molecule has 0 fully saturated rings. The third-order valence-corrected chi connectivity index (χ3v) is 3.94. The number of benzene rings is 3. The Morgan fingerprint density at radius 1 is 0.920 bits per heavy atom. The summed E-state index contributed by atoms with van der Waals surface area (Å²) in [6.07, 6.45) is 0.333. The third-order valence-electron chi connectivity index (χ3n) is 3.94.